The largest absolute Gasteiger partial charge is 0.310 e. The zero-order chi connectivity index (χ0) is 28.8. The second-order valence-electron chi connectivity index (χ2n) is 11.2. The van der Waals surface area contributed by atoms with E-state index in [0.717, 1.165) is 28.2 Å². The van der Waals surface area contributed by atoms with Gasteiger partial charge in [-0.1, -0.05) is 115 Å². The van der Waals surface area contributed by atoms with Gasteiger partial charge in [-0.3, -0.25) is 0 Å². The van der Waals surface area contributed by atoms with Gasteiger partial charge in [-0.15, -0.1) is 0 Å². The van der Waals surface area contributed by atoms with E-state index in [1.165, 1.54) is 33.4 Å². The third-order valence-corrected chi connectivity index (χ3v) is 8.91. The first-order valence-electron chi connectivity index (χ1n) is 14.8. The van der Waals surface area contributed by atoms with Crippen molar-refractivity contribution in [1.82, 2.24) is 0 Å². The average molecular weight is 549 g/mol. The van der Waals surface area contributed by atoms with E-state index in [9.17, 15) is 5.26 Å². The molecule has 8 rings (SSSR count). The van der Waals surface area contributed by atoms with Crippen LogP contribution >= 0.6 is 0 Å². The highest BCUT2D eigenvalue weighted by atomic mass is 15.1. The molecule has 2 nitrogen and oxygen atoms in total. The van der Waals surface area contributed by atoms with Crippen LogP contribution in [0.15, 0.2) is 158 Å². The second kappa shape index (κ2) is 10.3. The Labute approximate surface area is 252 Å². The van der Waals surface area contributed by atoms with Crippen molar-refractivity contribution >= 4 is 33.8 Å². The maximum Gasteiger partial charge on any atom is 0.0998 e. The number of benzene rings is 5. The summed E-state index contributed by atoms with van der Waals surface area (Å²) in [5.41, 5.74) is 14.1. The average Bonchev–Trinajstić information content (AvgIpc) is 3.41. The number of fused-ring (bicyclic) bond motifs is 3. The number of para-hydroxylation sites is 1. The van der Waals surface area contributed by atoms with Gasteiger partial charge < -0.3 is 4.90 Å². The molecule has 3 aliphatic rings. The van der Waals surface area contributed by atoms with E-state index in [2.05, 4.69) is 144 Å². The Bertz CT molecular complexity index is 2030. The number of allylic oxidation sites excluding steroid dienone is 8. The Hall–Kier alpha value is -5.65. The summed E-state index contributed by atoms with van der Waals surface area (Å²) in [7, 11) is 0. The van der Waals surface area contributed by atoms with Crippen LogP contribution in [0, 0.1) is 23.2 Å². The van der Waals surface area contributed by atoms with E-state index in [1.54, 1.807) is 0 Å². The van der Waals surface area contributed by atoms with Crippen LogP contribution in [0.4, 0.5) is 17.1 Å². The Morgan fingerprint density at radius 2 is 1.14 bits per heavy atom. The van der Waals surface area contributed by atoms with E-state index < -0.39 is 0 Å². The van der Waals surface area contributed by atoms with Crippen molar-refractivity contribution in [3.8, 4) is 17.2 Å². The molecule has 0 aliphatic heterocycles. The quantitative estimate of drug-likeness (QED) is 0.218. The molecule has 0 aromatic heterocycles. The van der Waals surface area contributed by atoms with Crippen molar-refractivity contribution in [2.75, 3.05) is 4.90 Å². The Kier molecular flexibility index (Phi) is 6.02. The maximum atomic E-state index is 9.63. The maximum absolute atomic E-state index is 9.63. The number of hydrogen-bond donors (Lipinski definition) is 0. The SMILES string of the molecule is N#Cc1ccccc1-c1ccc(N(c2ccccc2)c2cccc(C3=CC=C4c5ccccc5C5=CC=CC3C54)c2)cc1. The van der Waals surface area contributed by atoms with Crippen LogP contribution in [0.2, 0.25) is 0 Å². The molecule has 0 bridgehead atoms. The molecule has 0 saturated heterocycles. The van der Waals surface area contributed by atoms with Crippen LogP contribution in [0.5, 0.6) is 0 Å². The Morgan fingerprint density at radius 3 is 1.91 bits per heavy atom. The van der Waals surface area contributed by atoms with Crippen molar-refractivity contribution in [2.45, 2.75) is 0 Å². The first-order valence-corrected chi connectivity index (χ1v) is 14.8. The summed E-state index contributed by atoms with van der Waals surface area (Å²) in [5.74, 6) is 0.660. The molecule has 0 N–H and O–H groups in total. The Balaban J connectivity index is 1.20. The minimum atomic E-state index is 0.298. The van der Waals surface area contributed by atoms with Gasteiger partial charge in [0.25, 0.3) is 0 Å². The number of anilines is 3. The monoisotopic (exact) mass is 548 g/mol. The predicted molar refractivity (Wildman–Crippen MR) is 178 cm³/mol. The molecule has 0 heterocycles. The molecule has 0 saturated carbocycles. The van der Waals surface area contributed by atoms with E-state index in [0.29, 0.717) is 17.4 Å². The molecule has 3 aliphatic carbocycles. The molecule has 5 aromatic carbocycles. The van der Waals surface area contributed by atoms with Gasteiger partial charge in [-0.25, -0.2) is 0 Å². The summed E-state index contributed by atoms with van der Waals surface area (Å²) in [5, 5.41) is 9.63. The van der Waals surface area contributed by atoms with Gasteiger partial charge in [0.1, 0.15) is 0 Å². The van der Waals surface area contributed by atoms with E-state index in [1.807, 2.05) is 24.3 Å². The van der Waals surface area contributed by atoms with Gasteiger partial charge in [-0.2, -0.15) is 5.26 Å². The lowest BCUT2D eigenvalue weighted by atomic mass is 9.72. The molecule has 2 atom stereocenters. The van der Waals surface area contributed by atoms with Gasteiger partial charge in [0, 0.05) is 28.9 Å². The minimum Gasteiger partial charge on any atom is -0.310 e. The molecule has 0 radical (unpaired) electrons. The summed E-state index contributed by atoms with van der Waals surface area (Å²) >= 11 is 0. The molecule has 202 valence electrons. The molecule has 43 heavy (non-hydrogen) atoms. The van der Waals surface area contributed by atoms with E-state index in [4.69, 9.17) is 0 Å². The molecule has 0 spiro atoms. The van der Waals surface area contributed by atoms with Crippen molar-refractivity contribution in [1.29, 1.82) is 5.26 Å². The van der Waals surface area contributed by atoms with Crippen molar-refractivity contribution in [3.63, 3.8) is 0 Å². The van der Waals surface area contributed by atoms with Crippen molar-refractivity contribution < 1.29 is 0 Å². The zero-order valence-corrected chi connectivity index (χ0v) is 23.6. The lowest BCUT2D eigenvalue weighted by molar-refractivity contribution is 0.725. The summed E-state index contributed by atoms with van der Waals surface area (Å²) in [4.78, 5) is 2.31. The lowest BCUT2D eigenvalue weighted by Crippen LogP contribution is -2.18. The third kappa shape index (κ3) is 4.18. The fourth-order valence-electron chi connectivity index (χ4n) is 6.99. The minimum absolute atomic E-state index is 0.298. The molecule has 2 heteroatoms. The predicted octanol–water partition coefficient (Wildman–Crippen LogP) is 10.4. The van der Waals surface area contributed by atoms with Gasteiger partial charge in [-0.05, 0) is 87.0 Å². The fraction of sp³-hybridized carbons (Fsp3) is 0.0488. The van der Waals surface area contributed by atoms with Crippen molar-refractivity contribution in [2.24, 2.45) is 11.8 Å². The van der Waals surface area contributed by atoms with Gasteiger partial charge in [0.15, 0.2) is 0 Å². The smallest absolute Gasteiger partial charge is 0.0998 e. The van der Waals surface area contributed by atoms with Gasteiger partial charge in [0.05, 0.1) is 11.6 Å². The molecule has 0 fully saturated rings. The van der Waals surface area contributed by atoms with E-state index >= 15 is 0 Å². The fourth-order valence-corrected chi connectivity index (χ4v) is 6.99. The molecule has 2 unspecified atom stereocenters. The van der Waals surface area contributed by atoms with Gasteiger partial charge in [0.2, 0.25) is 0 Å². The summed E-state index contributed by atoms with van der Waals surface area (Å²) < 4.78 is 0. The van der Waals surface area contributed by atoms with Gasteiger partial charge >= 0.3 is 0 Å². The van der Waals surface area contributed by atoms with Crippen LogP contribution in [0.25, 0.3) is 27.8 Å². The first-order chi connectivity index (χ1) is 21.3. The van der Waals surface area contributed by atoms with Crippen LogP contribution in [-0.2, 0) is 0 Å². The van der Waals surface area contributed by atoms with Crippen LogP contribution in [-0.4, -0.2) is 0 Å². The highest BCUT2D eigenvalue weighted by Crippen LogP contribution is 2.55. The number of rotatable bonds is 5. The lowest BCUT2D eigenvalue weighted by Gasteiger charge is -2.32. The normalized spacial score (nSPS) is 17.6. The third-order valence-electron chi connectivity index (χ3n) is 8.91. The number of hydrogen-bond acceptors (Lipinski definition) is 2. The van der Waals surface area contributed by atoms with E-state index in [-0.39, 0.29) is 0 Å². The highest BCUT2D eigenvalue weighted by Gasteiger charge is 2.40. The topological polar surface area (TPSA) is 27.0 Å². The van der Waals surface area contributed by atoms with Crippen LogP contribution < -0.4 is 4.90 Å². The van der Waals surface area contributed by atoms with Crippen LogP contribution in [0.3, 0.4) is 0 Å². The Morgan fingerprint density at radius 1 is 0.512 bits per heavy atom. The molecule has 5 aromatic rings. The summed E-state index contributed by atoms with van der Waals surface area (Å²) in [6, 6.07) is 46.9. The highest BCUT2D eigenvalue weighted by molar-refractivity contribution is 6.00. The van der Waals surface area contributed by atoms with Crippen molar-refractivity contribution in [3.05, 3.63) is 180 Å². The number of nitrogens with zero attached hydrogens (tertiary/aromatic N) is 2. The second-order valence-corrected chi connectivity index (χ2v) is 11.2. The summed E-state index contributed by atoms with van der Waals surface area (Å²) in [6.45, 7) is 0. The number of nitriles is 1. The first kappa shape index (κ1) is 25.1. The zero-order valence-electron chi connectivity index (χ0n) is 23.6. The molecular formula is C41H28N2. The van der Waals surface area contributed by atoms with Crippen LogP contribution in [0.1, 0.15) is 22.3 Å². The summed E-state index contributed by atoms with van der Waals surface area (Å²) in [6.07, 6.45) is 11.6. The standard InChI is InChI=1S/C41H28N2/c42-27-30-10-4-5-15-34(30)28-20-22-32(23-21-28)43(31-12-2-1-3-13-31)33-14-8-11-29(26-33)35-24-25-40-37-17-7-6-16-36(37)39-19-9-18-38(35)41(39)40/h1-26,38,41H. The molecular weight excluding hydrogens is 520 g/mol. The molecule has 0 amide bonds.